The standard InChI is InChI=1S/C11H13F2NO3/c1-3-17-9(15)5-7-4-8(10(12)13)11(16-2)14-6-7/h4,6,10H,3,5H2,1-2H3. The second kappa shape index (κ2) is 6.12. The highest BCUT2D eigenvalue weighted by Gasteiger charge is 2.17. The highest BCUT2D eigenvalue weighted by atomic mass is 19.3. The number of nitrogens with zero attached hydrogens (tertiary/aromatic N) is 1. The lowest BCUT2D eigenvalue weighted by Gasteiger charge is -2.08. The summed E-state index contributed by atoms with van der Waals surface area (Å²) >= 11 is 0. The zero-order valence-electron chi connectivity index (χ0n) is 9.57. The van der Waals surface area contributed by atoms with Gasteiger partial charge in [-0.1, -0.05) is 0 Å². The second-order valence-corrected chi connectivity index (χ2v) is 3.22. The molecular weight excluding hydrogens is 232 g/mol. The summed E-state index contributed by atoms with van der Waals surface area (Å²) in [6.07, 6.45) is -1.45. The molecule has 1 aromatic rings. The van der Waals surface area contributed by atoms with Crippen LogP contribution in [0.3, 0.4) is 0 Å². The van der Waals surface area contributed by atoms with Gasteiger partial charge < -0.3 is 9.47 Å². The van der Waals surface area contributed by atoms with E-state index in [9.17, 15) is 13.6 Å². The van der Waals surface area contributed by atoms with E-state index in [2.05, 4.69) is 4.98 Å². The Morgan fingerprint density at radius 1 is 1.53 bits per heavy atom. The van der Waals surface area contributed by atoms with E-state index in [1.165, 1.54) is 19.4 Å². The first-order chi connectivity index (χ1) is 8.08. The third-order valence-electron chi connectivity index (χ3n) is 2.02. The summed E-state index contributed by atoms with van der Waals surface area (Å²) in [7, 11) is 1.26. The predicted molar refractivity (Wildman–Crippen MR) is 56.1 cm³/mol. The maximum atomic E-state index is 12.6. The number of pyridine rings is 1. The smallest absolute Gasteiger partial charge is 0.310 e. The minimum atomic E-state index is -2.69. The molecule has 0 unspecified atom stereocenters. The van der Waals surface area contributed by atoms with Crippen LogP contribution >= 0.6 is 0 Å². The maximum absolute atomic E-state index is 12.6. The predicted octanol–water partition coefficient (Wildman–Crippen LogP) is 2.13. The van der Waals surface area contributed by atoms with Gasteiger partial charge in [0.15, 0.2) is 0 Å². The third kappa shape index (κ3) is 3.65. The van der Waals surface area contributed by atoms with Crippen molar-refractivity contribution in [3.8, 4) is 5.88 Å². The number of hydrogen-bond acceptors (Lipinski definition) is 4. The summed E-state index contributed by atoms with van der Waals surface area (Å²) in [4.78, 5) is 14.9. The van der Waals surface area contributed by atoms with Gasteiger partial charge in [-0.2, -0.15) is 0 Å². The average Bonchev–Trinajstić information content (AvgIpc) is 2.29. The molecule has 0 aliphatic rings. The van der Waals surface area contributed by atoms with E-state index < -0.39 is 12.4 Å². The largest absolute Gasteiger partial charge is 0.481 e. The molecule has 0 fully saturated rings. The molecule has 1 aromatic heterocycles. The molecule has 0 radical (unpaired) electrons. The number of ether oxygens (including phenoxy) is 2. The number of aromatic nitrogens is 1. The molecule has 0 aromatic carbocycles. The molecular formula is C11H13F2NO3. The van der Waals surface area contributed by atoms with Crippen LogP contribution in [0.5, 0.6) is 5.88 Å². The number of methoxy groups -OCH3 is 1. The molecule has 4 nitrogen and oxygen atoms in total. The van der Waals surface area contributed by atoms with E-state index in [-0.39, 0.29) is 24.5 Å². The first kappa shape index (κ1) is 13.3. The van der Waals surface area contributed by atoms with Crippen LogP contribution in [0.25, 0.3) is 0 Å². The number of rotatable bonds is 5. The van der Waals surface area contributed by atoms with Crippen molar-refractivity contribution in [3.63, 3.8) is 0 Å². The Balaban J connectivity index is 2.88. The lowest BCUT2D eigenvalue weighted by atomic mass is 10.1. The minimum absolute atomic E-state index is 0.0788. The average molecular weight is 245 g/mol. The van der Waals surface area contributed by atoms with Crippen molar-refractivity contribution < 1.29 is 23.0 Å². The summed E-state index contributed by atoms with van der Waals surface area (Å²) in [5, 5.41) is 0. The molecule has 0 spiro atoms. The first-order valence-corrected chi connectivity index (χ1v) is 5.05. The molecule has 6 heteroatoms. The highest BCUT2D eigenvalue weighted by molar-refractivity contribution is 5.72. The van der Waals surface area contributed by atoms with Crippen molar-refractivity contribution >= 4 is 5.97 Å². The van der Waals surface area contributed by atoms with Crippen molar-refractivity contribution in [1.82, 2.24) is 4.98 Å². The molecule has 0 N–H and O–H groups in total. The number of halogens is 2. The van der Waals surface area contributed by atoms with E-state index >= 15 is 0 Å². The van der Waals surface area contributed by atoms with Crippen LogP contribution in [0.1, 0.15) is 24.5 Å². The highest BCUT2D eigenvalue weighted by Crippen LogP contribution is 2.27. The number of alkyl halides is 2. The number of carbonyl (C=O) groups is 1. The zero-order chi connectivity index (χ0) is 12.8. The van der Waals surface area contributed by atoms with Crippen LogP contribution in [-0.2, 0) is 16.0 Å². The van der Waals surface area contributed by atoms with E-state index in [1.807, 2.05) is 0 Å². The molecule has 0 saturated carbocycles. The molecule has 0 saturated heterocycles. The summed E-state index contributed by atoms with van der Waals surface area (Å²) in [5.41, 5.74) is 0.0499. The van der Waals surface area contributed by atoms with Crippen LogP contribution in [0.15, 0.2) is 12.3 Å². The van der Waals surface area contributed by atoms with Crippen LogP contribution in [-0.4, -0.2) is 24.7 Å². The Hall–Kier alpha value is -1.72. The SMILES string of the molecule is CCOC(=O)Cc1cnc(OC)c(C(F)F)c1. The molecule has 0 aliphatic heterocycles. The van der Waals surface area contributed by atoms with Gasteiger partial charge in [0, 0.05) is 6.20 Å². The fraction of sp³-hybridized carbons (Fsp3) is 0.455. The van der Waals surface area contributed by atoms with Gasteiger partial charge >= 0.3 is 5.97 Å². The number of hydrogen-bond donors (Lipinski definition) is 0. The zero-order valence-corrected chi connectivity index (χ0v) is 9.57. The molecule has 17 heavy (non-hydrogen) atoms. The monoisotopic (exact) mass is 245 g/mol. The number of esters is 1. The van der Waals surface area contributed by atoms with Gasteiger partial charge in [0.2, 0.25) is 5.88 Å². The van der Waals surface area contributed by atoms with Crippen LogP contribution in [0.4, 0.5) is 8.78 Å². The second-order valence-electron chi connectivity index (χ2n) is 3.22. The van der Waals surface area contributed by atoms with Crippen molar-refractivity contribution in [1.29, 1.82) is 0 Å². The Morgan fingerprint density at radius 2 is 2.24 bits per heavy atom. The lowest BCUT2D eigenvalue weighted by Crippen LogP contribution is -2.08. The van der Waals surface area contributed by atoms with Crippen LogP contribution in [0.2, 0.25) is 0 Å². The van der Waals surface area contributed by atoms with Gasteiger partial charge in [-0.3, -0.25) is 4.79 Å². The van der Waals surface area contributed by atoms with Crippen molar-refractivity contribution in [2.24, 2.45) is 0 Å². The van der Waals surface area contributed by atoms with Gasteiger partial charge in [-0.15, -0.1) is 0 Å². The third-order valence-corrected chi connectivity index (χ3v) is 2.02. The Bertz CT molecular complexity index is 396. The Kier molecular flexibility index (Phi) is 4.81. The van der Waals surface area contributed by atoms with Gasteiger partial charge in [0.25, 0.3) is 6.43 Å². The summed E-state index contributed by atoms with van der Waals surface area (Å²) in [6, 6.07) is 1.20. The fourth-order valence-electron chi connectivity index (χ4n) is 1.32. The molecule has 1 heterocycles. The van der Waals surface area contributed by atoms with Crippen molar-refractivity contribution in [2.75, 3.05) is 13.7 Å². The summed E-state index contributed by atoms with van der Waals surface area (Å²) in [5.74, 6) is -0.604. The van der Waals surface area contributed by atoms with E-state index in [1.54, 1.807) is 6.92 Å². The molecule has 94 valence electrons. The summed E-state index contributed by atoms with van der Waals surface area (Å²) in [6.45, 7) is 1.93. The van der Waals surface area contributed by atoms with Gasteiger partial charge in [-0.05, 0) is 18.6 Å². The molecule has 0 amide bonds. The van der Waals surface area contributed by atoms with Gasteiger partial charge in [0.1, 0.15) is 0 Å². The van der Waals surface area contributed by atoms with Gasteiger partial charge in [0.05, 0.1) is 25.7 Å². The minimum Gasteiger partial charge on any atom is -0.481 e. The van der Waals surface area contributed by atoms with Crippen LogP contribution in [0, 0.1) is 0 Å². The van der Waals surface area contributed by atoms with Crippen molar-refractivity contribution in [2.45, 2.75) is 19.8 Å². The molecule has 0 aliphatic carbocycles. The topological polar surface area (TPSA) is 48.4 Å². The first-order valence-electron chi connectivity index (χ1n) is 5.05. The van der Waals surface area contributed by atoms with E-state index in [0.717, 1.165) is 0 Å². The molecule has 0 atom stereocenters. The normalized spacial score (nSPS) is 10.4. The quantitative estimate of drug-likeness (QED) is 0.745. The lowest BCUT2D eigenvalue weighted by molar-refractivity contribution is -0.142. The summed E-state index contributed by atoms with van der Waals surface area (Å²) < 4.78 is 34.7. The molecule has 1 rings (SSSR count). The van der Waals surface area contributed by atoms with E-state index in [4.69, 9.17) is 9.47 Å². The molecule has 0 bridgehead atoms. The van der Waals surface area contributed by atoms with E-state index in [0.29, 0.717) is 5.56 Å². The fourth-order valence-corrected chi connectivity index (χ4v) is 1.32. The maximum Gasteiger partial charge on any atom is 0.310 e. The number of carbonyl (C=O) groups excluding carboxylic acids is 1. The van der Waals surface area contributed by atoms with Crippen LogP contribution < -0.4 is 4.74 Å². The van der Waals surface area contributed by atoms with Crippen molar-refractivity contribution in [3.05, 3.63) is 23.4 Å². The Labute approximate surface area is 97.6 Å². The van der Waals surface area contributed by atoms with Gasteiger partial charge in [-0.25, -0.2) is 13.8 Å². The Morgan fingerprint density at radius 3 is 2.76 bits per heavy atom.